The largest absolute Gasteiger partial charge is 0.342 e. The van der Waals surface area contributed by atoms with Crippen molar-refractivity contribution in [2.75, 3.05) is 0 Å². The van der Waals surface area contributed by atoms with Crippen LogP contribution < -0.4 is 0 Å². The summed E-state index contributed by atoms with van der Waals surface area (Å²) in [6.07, 6.45) is 2.71. The zero-order chi connectivity index (χ0) is 13.2. The number of carbonyl (C=O) groups is 1. The van der Waals surface area contributed by atoms with E-state index in [1.807, 2.05) is 42.6 Å². The van der Waals surface area contributed by atoms with Crippen molar-refractivity contribution < 1.29 is 4.79 Å². The molecule has 0 spiro atoms. The van der Waals surface area contributed by atoms with Gasteiger partial charge in [-0.2, -0.15) is 0 Å². The molecule has 0 aliphatic rings. The Morgan fingerprint density at radius 2 is 1.84 bits per heavy atom. The Labute approximate surface area is 116 Å². The molecule has 19 heavy (non-hydrogen) atoms. The predicted octanol–water partition coefficient (Wildman–Crippen LogP) is 4.16. The highest BCUT2D eigenvalue weighted by atomic mass is 35.5. The molecule has 0 radical (unpaired) electrons. The van der Waals surface area contributed by atoms with Crippen molar-refractivity contribution in [2.24, 2.45) is 0 Å². The minimum Gasteiger partial charge on any atom is -0.342 e. The van der Waals surface area contributed by atoms with Crippen LogP contribution in [0.2, 0.25) is 5.02 Å². The molecule has 0 unspecified atom stereocenters. The van der Waals surface area contributed by atoms with E-state index in [9.17, 15) is 4.79 Å². The van der Waals surface area contributed by atoms with Gasteiger partial charge in [-0.15, -0.1) is 0 Å². The molecule has 3 rings (SSSR count). The first kappa shape index (κ1) is 12.0. The van der Waals surface area contributed by atoms with Crippen LogP contribution in [0.3, 0.4) is 0 Å². The van der Waals surface area contributed by atoms with Crippen molar-refractivity contribution in [1.82, 2.24) is 4.57 Å². The van der Waals surface area contributed by atoms with E-state index in [0.717, 1.165) is 23.7 Å². The second kappa shape index (κ2) is 4.90. The number of benzene rings is 2. The topological polar surface area (TPSA) is 22.0 Å². The maximum absolute atomic E-state index is 11.2. The molecule has 1 heterocycles. The molecule has 0 aliphatic heterocycles. The lowest BCUT2D eigenvalue weighted by Crippen LogP contribution is -1.97. The van der Waals surface area contributed by atoms with Crippen molar-refractivity contribution in [2.45, 2.75) is 6.54 Å². The molecular formula is C16H12ClNO. The summed E-state index contributed by atoms with van der Waals surface area (Å²) >= 11 is 6.19. The molecule has 0 bridgehead atoms. The fourth-order valence-electron chi connectivity index (χ4n) is 2.34. The van der Waals surface area contributed by atoms with E-state index in [4.69, 9.17) is 11.6 Å². The number of carbonyl (C=O) groups excluding carboxylic acids is 1. The Bertz CT molecular complexity index is 731. The third kappa shape index (κ3) is 2.15. The molecule has 2 aromatic carbocycles. The summed E-state index contributed by atoms with van der Waals surface area (Å²) in [6, 6.07) is 15.8. The number of aldehydes is 1. The van der Waals surface area contributed by atoms with E-state index < -0.39 is 0 Å². The highest BCUT2D eigenvalue weighted by Gasteiger charge is 2.10. The Hall–Kier alpha value is -2.06. The Morgan fingerprint density at radius 1 is 1.05 bits per heavy atom. The highest BCUT2D eigenvalue weighted by molar-refractivity contribution is 6.36. The molecule has 0 saturated heterocycles. The minimum atomic E-state index is 0.617. The number of aromatic nitrogens is 1. The predicted molar refractivity (Wildman–Crippen MR) is 77.9 cm³/mol. The summed E-state index contributed by atoms with van der Waals surface area (Å²) in [6.45, 7) is 0.728. The van der Waals surface area contributed by atoms with Crippen molar-refractivity contribution >= 4 is 28.8 Å². The van der Waals surface area contributed by atoms with Gasteiger partial charge in [0.05, 0.1) is 10.5 Å². The van der Waals surface area contributed by atoms with Gasteiger partial charge in [-0.05, 0) is 17.7 Å². The van der Waals surface area contributed by atoms with Crippen LogP contribution >= 0.6 is 11.6 Å². The van der Waals surface area contributed by atoms with E-state index in [2.05, 4.69) is 16.7 Å². The van der Waals surface area contributed by atoms with Crippen LogP contribution in [0.25, 0.3) is 10.9 Å². The summed E-state index contributed by atoms with van der Waals surface area (Å²) in [4.78, 5) is 11.2. The lowest BCUT2D eigenvalue weighted by Gasteiger charge is -2.05. The Morgan fingerprint density at radius 3 is 2.58 bits per heavy atom. The van der Waals surface area contributed by atoms with Gasteiger partial charge < -0.3 is 4.57 Å². The van der Waals surface area contributed by atoms with E-state index in [1.54, 1.807) is 0 Å². The SMILES string of the molecule is O=Cc1cn(Cc2ccccc2)c2cccc(Cl)c12. The number of fused-ring (bicyclic) bond motifs is 1. The molecule has 0 aliphatic carbocycles. The van der Waals surface area contributed by atoms with Crippen LogP contribution in [0.5, 0.6) is 0 Å². The molecule has 3 aromatic rings. The molecule has 0 saturated carbocycles. The van der Waals surface area contributed by atoms with Gasteiger partial charge in [-0.3, -0.25) is 4.79 Å². The molecular weight excluding hydrogens is 258 g/mol. The van der Waals surface area contributed by atoms with Gasteiger partial charge in [0, 0.05) is 23.7 Å². The summed E-state index contributed by atoms with van der Waals surface area (Å²) in [5, 5.41) is 1.45. The van der Waals surface area contributed by atoms with Gasteiger partial charge in [0.2, 0.25) is 0 Å². The van der Waals surface area contributed by atoms with Crippen molar-refractivity contribution in [3.8, 4) is 0 Å². The normalized spacial score (nSPS) is 10.8. The van der Waals surface area contributed by atoms with Gasteiger partial charge in [0.25, 0.3) is 0 Å². The summed E-state index contributed by atoms with van der Waals surface area (Å²) in [7, 11) is 0. The second-order valence-corrected chi connectivity index (χ2v) is 4.86. The van der Waals surface area contributed by atoms with Crippen LogP contribution in [0.15, 0.2) is 54.7 Å². The third-order valence-corrected chi connectivity index (χ3v) is 3.52. The highest BCUT2D eigenvalue weighted by Crippen LogP contribution is 2.28. The third-order valence-electron chi connectivity index (χ3n) is 3.21. The first-order valence-electron chi connectivity index (χ1n) is 6.06. The molecule has 1 aromatic heterocycles. The fourth-order valence-corrected chi connectivity index (χ4v) is 2.62. The smallest absolute Gasteiger partial charge is 0.152 e. The minimum absolute atomic E-state index is 0.617. The molecule has 0 fully saturated rings. The number of hydrogen-bond acceptors (Lipinski definition) is 1. The zero-order valence-corrected chi connectivity index (χ0v) is 11.0. The van der Waals surface area contributed by atoms with Crippen LogP contribution in [0, 0.1) is 0 Å². The van der Waals surface area contributed by atoms with Gasteiger partial charge in [-0.25, -0.2) is 0 Å². The first-order chi connectivity index (χ1) is 9.29. The number of halogens is 1. The van der Waals surface area contributed by atoms with Gasteiger partial charge >= 0.3 is 0 Å². The Kier molecular flexibility index (Phi) is 3.10. The summed E-state index contributed by atoms with van der Waals surface area (Å²) in [5.74, 6) is 0. The molecule has 0 amide bonds. The maximum atomic E-state index is 11.2. The first-order valence-corrected chi connectivity index (χ1v) is 6.44. The van der Waals surface area contributed by atoms with Crippen molar-refractivity contribution in [3.63, 3.8) is 0 Å². The molecule has 3 heteroatoms. The average Bonchev–Trinajstić information content (AvgIpc) is 2.80. The van der Waals surface area contributed by atoms with Crippen molar-refractivity contribution in [3.05, 3.63) is 70.9 Å². The molecule has 2 nitrogen and oxygen atoms in total. The van der Waals surface area contributed by atoms with Gasteiger partial charge in [-0.1, -0.05) is 48.0 Å². The quantitative estimate of drug-likeness (QED) is 0.655. The van der Waals surface area contributed by atoms with Crippen LogP contribution in [-0.4, -0.2) is 10.9 Å². The van der Waals surface area contributed by atoms with Crippen LogP contribution in [-0.2, 0) is 6.54 Å². The van der Waals surface area contributed by atoms with Crippen molar-refractivity contribution in [1.29, 1.82) is 0 Å². The van der Waals surface area contributed by atoms with Crippen LogP contribution in [0.4, 0.5) is 0 Å². The number of nitrogens with zero attached hydrogens (tertiary/aromatic N) is 1. The van der Waals surface area contributed by atoms with E-state index in [-0.39, 0.29) is 0 Å². The van der Waals surface area contributed by atoms with E-state index in [0.29, 0.717) is 10.6 Å². The van der Waals surface area contributed by atoms with E-state index in [1.165, 1.54) is 5.56 Å². The molecule has 94 valence electrons. The fraction of sp³-hybridized carbons (Fsp3) is 0.0625. The second-order valence-electron chi connectivity index (χ2n) is 4.45. The zero-order valence-electron chi connectivity index (χ0n) is 10.2. The van der Waals surface area contributed by atoms with Gasteiger partial charge in [0.15, 0.2) is 6.29 Å². The Balaban J connectivity index is 2.14. The molecule has 0 N–H and O–H groups in total. The molecule has 0 atom stereocenters. The van der Waals surface area contributed by atoms with Crippen LogP contribution in [0.1, 0.15) is 15.9 Å². The number of rotatable bonds is 3. The monoisotopic (exact) mass is 269 g/mol. The summed E-state index contributed by atoms with van der Waals surface area (Å²) in [5.41, 5.74) is 2.81. The number of hydrogen-bond donors (Lipinski definition) is 0. The lowest BCUT2D eigenvalue weighted by atomic mass is 10.2. The maximum Gasteiger partial charge on any atom is 0.152 e. The summed E-state index contributed by atoms with van der Waals surface area (Å²) < 4.78 is 2.06. The van der Waals surface area contributed by atoms with Gasteiger partial charge in [0.1, 0.15) is 0 Å². The van der Waals surface area contributed by atoms with E-state index >= 15 is 0 Å². The lowest BCUT2D eigenvalue weighted by molar-refractivity contribution is 0.112. The average molecular weight is 270 g/mol. The standard InChI is InChI=1S/C16H12ClNO/c17-14-7-4-8-15-16(14)13(11-19)10-18(15)9-12-5-2-1-3-6-12/h1-8,10-11H,9H2.